The van der Waals surface area contributed by atoms with Crippen molar-refractivity contribution >= 4 is 34.2 Å². The average Bonchev–Trinajstić information content (AvgIpc) is 3.25. The lowest BCUT2D eigenvalue weighted by Crippen LogP contribution is -2.40. The predicted molar refractivity (Wildman–Crippen MR) is 152 cm³/mol. The SMILES string of the molecule is C#CCOc1ccc(OC)cc1/C=c1/sc2n(c1=O)[C@@H](c1cccc3ccccc13)C(C(=O)OCC)=C(C)N=2. The zero-order valence-electron chi connectivity index (χ0n) is 21.8. The Balaban J connectivity index is 1.77. The number of rotatable bonds is 7. The van der Waals surface area contributed by atoms with Crippen LogP contribution in [-0.4, -0.2) is 30.9 Å². The first-order valence-corrected chi connectivity index (χ1v) is 13.2. The summed E-state index contributed by atoms with van der Waals surface area (Å²) in [7, 11) is 1.57. The van der Waals surface area contributed by atoms with Gasteiger partial charge in [-0.25, -0.2) is 9.79 Å². The number of carbonyl (C=O) groups is 1. The largest absolute Gasteiger partial charge is 0.497 e. The van der Waals surface area contributed by atoms with E-state index in [4.69, 9.17) is 20.6 Å². The van der Waals surface area contributed by atoms with Crippen LogP contribution in [-0.2, 0) is 9.53 Å². The summed E-state index contributed by atoms with van der Waals surface area (Å²) in [5.74, 6) is 3.09. The minimum absolute atomic E-state index is 0.0809. The molecule has 4 aromatic rings. The number of thiazole rings is 1. The highest BCUT2D eigenvalue weighted by Crippen LogP contribution is 2.35. The van der Waals surface area contributed by atoms with Gasteiger partial charge in [-0.1, -0.05) is 59.7 Å². The Labute approximate surface area is 229 Å². The lowest BCUT2D eigenvalue weighted by atomic mass is 9.91. The molecule has 0 saturated heterocycles. The fourth-order valence-electron chi connectivity index (χ4n) is 4.73. The molecule has 0 unspecified atom stereocenters. The lowest BCUT2D eigenvalue weighted by Gasteiger charge is -2.25. The maximum atomic E-state index is 14.1. The van der Waals surface area contributed by atoms with E-state index >= 15 is 0 Å². The summed E-state index contributed by atoms with van der Waals surface area (Å²) in [6.07, 6.45) is 7.13. The first-order valence-electron chi connectivity index (χ1n) is 12.4. The second kappa shape index (κ2) is 11.0. The van der Waals surface area contributed by atoms with Crippen LogP contribution in [0.15, 0.2) is 81.7 Å². The molecule has 1 aliphatic rings. The zero-order chi connectivity index (χ0) is 27.5. The fraction of sp³-hybridized carbons (Fsp3) is 0.194. The minimum Gasteiger partial charge on any atom is -0.497 e. The van der Waals surface area contributed by atoms with E-state index in [1.807, 2.05) is 42.5 Å². The predicted octanol–water partition coefficient (Wildman–Crippen LogP) is 3.97. The summed E-state index contributed by atoms with van der Waals surface area (Å²) in [5.41, 5.74) is 2.03. The van der Waals surface area contributed by atoms with E-state index in [1.54, 1.807) is 49.8 Å². The van der Waals surface area contributed by atoms with E-state index < -0.39 is 12.0 Å². The molecule has 1 aromatic heterocycles. The Bertz CT molecular complexity index is 1840. The van der Waals surface area contributed by atoms with Crippen LogP contribution in [0.25, 0.3) is 16.8 Å². The Kier molecular flexibility index (Phi) is 7.35. The van der Waals surface area contributed by atoms with Crippen LogP contribution >= 0.6 is 11.3 Å². The summed E-state index contributed by atoms with van der Waals surface area (Å²) in [6, 6.07) is 18.3. The van der Waals surface area contributed by atoms with Crippen LogP contribution in [0.2, 0.25) is 0 Å². The van der Waals surface area contributed by atoms with Crippen LogP contribution in [0, 0.1) is 12.3 Å². The van der Waals surface area contributed by atoms with Crippen molar-refractivity contribution in [2.75, 3.05) is 20.3 Å². The van der Waals surface area contributed by atoms with Gasteiger partial charge in [0, 0.05) is 5.56 Å². The minimum atomic E-state index is -0.712. The highest BCUT2D eigenvalue weighted by molar-refractivity contribution is 7.07. The van der Waals surface area contributed by atoms with E-state index in [9.17, 15) is 9.59 Å². The van der Waals surface area contributed by atoms with Crippen molar-refractivity contribution in [1.82, 2.24) is 4.57 Å². The smallest absolute Gasteiger partial charge is 0.338 e. The molecule has 7 nitrogen and oxygen atoms in total. The number of hydrogen-bond acceptors (Lipinski definition) is 7. The van der Waals surface area contributed by atoms with Crippen LogP contribution in [0.5, 0.6) is 11.5 Å². The van der Waals surface area contributed by atoms with Crippen molar-refractivity contribution in [1.29, 1.82) is 0 Å². The van der Waals surface area contributed by atoms with Gasteiger partial charge in [0.15, 0.2) is 4.80 Å². The van der Waals surface area contributed by atoms with Gasteiger partial charge in [0.1, 0.15) is 18.1 Å². The molecule has 0 spiro atoms. The van der Waals surface area contributed by atoms with Crippen LogP contribution in [0.4, 0.5) is 0 Å². The molecule has 196 valence electrons. The number of hydrogen-bond donors (Lipinski definition) is 0. The monoisotopic (exact) mass is 538 g/mol. The highest BCUT2D eigenvalue weighted by Gasteiger charge is 2.34. The third-order valence-corrected chi connectivity index (χ3v) is 7.43. The molecule has 0 fully saturated rings. The molecule has 2 heterocycles. The molecule has 1 aliphatic heterocycles. The van der Waals surface area contributed by atoms with Gasteiger partial charge < -0.3 is 14.2 Å². The number of fused-ring (bicyclic) bond motifs is 2. The molecule has 0 saturated carbocycles. The molecule has 3 aromatic carbocycles. The van der Waals surface area contributed by atoms with E-state index in [-0.39, 0.29) is 18.8 Å². The molecule has 5 rings (SSSR count). The average molecular weight is 539 g/mol. The Morgan fingerprint density at radius 1 is 1.18 bits per heavy atom. The molecular formula is C31H26N2O5S. The molecule has 39 heavy (non-hydrogen) atoms. The van der Waals surface area contributed by atoms with Crippen LogP contribution in [0.3, 0.4) is 0 Å². The van der Waals surface area contributed by atoms with Crippen LogP contribution in [0.1, 0.15) is 31.0 Å². The quantitative estimate of drug-likeness (QED) is 0.263. The summed E-state index contributed by atoms with van der Waals surface area (Å²) in [4.78, 5) is 32.5. The van der Waals surface area contributed by atoms with E-state index in [2.05, 4.69) is 10.9 Å². The molecule has 8 heteroatoms. The first-order chi connectivity index (χ1) is 19.0. The van der Waals surface area contributed by atoms with Gasteiger partial charge in [-0.2, -0.15) is 0 Å². The Hall–Kier alpha value is -4.61. The third-order valence-electron chi connectivity index (χ3n) is 6.45. The van der Waals surface area contributed by atoms with Crippen molar-refractivity contribution < 1.29 is 19.0 Å². The molecule has 0 bridgehead atoms. The Morgan fingerprint density at radius 3 is 2.74 bits per heavy atom. The Morgan fingerprint density at radius 2 is 1.97 bits per heavy atom. The van der Waals surface area contributed by atoms with Gasteiger partial charge in [0.05, 0.1) is 35.6 Å². The first kappa shape index (κ1) is 26.0. The van der Waals surface area contributed by atoms with Gasteiger partial charge in [-0.15, -0.1) is 6.42 Å². The maximum absolute atomic E-state index is 14.1. The second-order valence-corrected chi connectivity index (χ2v) is 9.78. The van der Waals surface area contributed by atoms with Crippen molar-refractivity contribution in [2.45, 2.75) is 19.9 Å². The topological polar surface area (TPSA) is 79.1 Å². The number of esters is 1. The van der Waals surface area contributed by atoms with Gasteiger partial charge in [-0.3, -0.25) is 9.36 Å². The number of ether oxygens (including phenoxy) is 3. The molecule has 0 amide bonds. The summed E-state index contributed by atoms with van der Waals surface area (Å²) >= 11 is 1.24. The van der Waals surface area contributed by atoms with Crippen molar-refractivity contribution in [3.63, 3.8) is 0 Å². The summed E-state index contributed by atoms with van der Waals surface area (Å²) < 4.78 is 18.5. The number of methoxy groups -OCH3 is 1. The second-order valence-electron chi connectivity index (χ2n) is 8.77. The zero-order valence-corrected chi connectivity index (χ0v) is 22.6. The molecule has 0 N–H and O–H groups in total. The maximum Gasteiger partial charge on any atom is 0.338 e. The van der Waals surface area contributed by atoms with Gasteiger partial charge in [0.2, 0.25) is 0 Å². The van der Waals surface area contributed by atoms with Crippen LogP contribution < -0.4 is 24.4 Å². The number of terminal acetylenes is 1. The lowest BCUT2D eigenvalue weighted by molar-refractivity contribution is -0.139. The summed E-state index contributed by atoms with van der Waals surface area (Å²) in [6.45, 7) is 3.81. The van der Waals surface area contributed by atoms with E-state index in [0.717, 1.165) is 16.3 Å². The number of carbonyl (C=O) groups excluding carboxylic acids is 1. The van der Waals surface area contributed by atoms with Gasteiger partial charge >= 0.3 is 5.97 Å². The number of allylic oxidation sites excluding steroid dienone is 1. The normalized spacial score (nSPS) is 14.9. The van der Waals surface area contributed by atoms with Crippen molar-refractivity contribution in [3.05, 3.63) is 103 Å². The number of aromatic nitrogens is 1. The van der Waals surface area contributed by atoms with Gasteiger partial charge in [-0.05, 0) is 54.5 Å². The third kappa shape index (κ3) is 4.85. The van der Waals surface area contributed by atoms with E-state index in [1.165, 1.54) is 11.3 Å². The highest BCUT2D eigenvalue weighted by atomic mass is 32.1. The molecule has 0 aliphatic carbocycles. The summed E-state index contributed by atoms with van der Waals surface area (Å²) in [5, 5.41) is 1.94. The van der Waals surface area contributed by atoms with Crippen molar-refractivity contribution in [2.24, 2.45) is 4.99 Å². The standard InChI is InChI=1S/C31H26N2O5S/c1-5-16-38-25-15-14-22(36-4)17-21(25)18-26-29(34)33-28(24-13-9-11-20-10-7-8-12-23(20)24)27(30(35)37-6-2)19(3)32-31(33)39-26/h1,7-15,17-18,28H,6,16H2,2-4H3/b26-18+/t28-/m0/s1. The molecule has 1 atom stereocenters. The van der Waals surface area contributed by atoms with E-state index in [0.29, 0.717) is 37.7 Å². The number of benzene rings is 3. The van der Waals surface area contributed by atoms with Crippen molar-refractivity contribution in [3.8, 4) is 23.8 Å². The number of nitrogens with zero attached hydrogens (tertiary/aromatic N) is 2. The fourth-order valence-corrected chi connectivity index (χ4v) is 5.77. The molecule has 0 radical (unpaired) electrons. The molecular weight excluding hydrogens is 512 g/mol. The van der Waals surface area contributed by atoms with Gasteiger partial charge in [0.25, 0.3) is 5.56 Å².